The van der Waals surface area contributed by atoms with Crippen molar-refractivity contribution in [1.29, 1.82) is 0 Å². The maximum absolute atomic E-state index is 9.52. The molecule has 0 heterocycles. The number of carbonyl (C=O) groups is 1. The Morgan fingerprint density at radius 3 is 2.20 bits per heavy atom. The molecular formula is C3H4NO+. The van der Waals surface area contributed by atoms with Gasteiger partial charge in [-0.1, -0.05) is 0 Å². The van der Waals surface area contributed by atoms with Gasteiger partial charge in [-0.3, -0.25) is 0 Å². The molecule has 2 nitrogen and oxygen atoms in total. The summed E-state index contributed by atoms with van der Waals surface area (Å²) in [5.74, 6) is -0.343. The number of amides is 1. The number of hydrogen-bond acceptors (Lipinski definition) is 1. The lowest BCUT2D eigenvalue weighted by Crippen LogP contribution is -1.70. The molecule has 1 amide bonds. The third-order valence-electron chi connectivity index (χ3n) is 0.182. The lowest BCUT2D eigenvalue weighted by molar-refractivity contribution is -0.112. The average Bonchev–Trinajstić information content (AvgIpc) is 1.38. The fraction of sp³-hybridized carbons (Fsp3) is 0.333. The van der Waals surface area contributed by atoms with Crippen LogP contribution in [0.4, 0.5) is 0 Å². The highest BCUT2D eigenvalue weighted by Crippen LogP contribution is 1.60. The maximum atomic E-state index is 9.52. The molecule has 0 unspecified atom stereocenters. The normalized spacial score (nSPS) is 5.60. The van der Waals surface area contributed by atoms with Gasteiger partial charge in [0.05, 0.1) is 6.92 Å². The second-order valence-electron chi connectivity index (χ2n) is 0.648. The highest BCUT2D eigenvalue weighted by molar-refractivity contribution is 5.83. The lowest BCUT2D eigenvalue weighted by atomic mass is 10.8. The van der Waals surface area contributed by atoms with Crippen molar-refractivity contribution in [2.24, 2.45) is 0 Å². The standard InChI is InChI=1S/C3H4NO/c1-3(5)4-2/h2H,1H3/q+1. The fourth-order valence-corrected chi connectivity index (χ4v) is 0. The van der Waals surface area contributed by atoms with Crippen molar-refractivity contribution in [2.75, 3.05) is 0 Å². The van der Waals surface area contributed by atoms with Crippen molar-refractivity contribution in [3.8, 4) is 6.57 Å². The van der Waals surface area contributed by atoms with Gasteiger partial charge >= 0.3 is 5.91 Å². The van der Waals surface area contributed by atoms with E-state index in [1.807, 2.05) is 0 Å². The molecule has 0 rings (SSSR count). The molecule has 0 bridgehead atoms. The van der Waals surface area contributed by atoms with Crippen molar-refractivity contribution in [3.63, 3.8) is 0 Å². The summed E-state index contributed by atoms with van der Waals surface area (Å²) in [4.78, 5) is 12.3. The van der Waals surface area contributed by atoms with E-state index in [-0.39, 0.29) is 5.91 Å². The molecule has 0 aliphatic carbocycles. The minimum Gasteiger partial charge on any atom is -0.201 e. The van der Waals surface area contributed by atoms with Crippen LogP contribution in [-0.2, 0) is 4.79 Å². The average molecular weight is 70.1 g/mol. The summed E-state index contributed by atoms with van der Waals surface area (Å²) in [5, 5.41) is 0. The second-order valence-corrected chi connectivity index (χ2v) is 0.648. The Bertz CT molecular complexity index is 79.4. The van der Waals surface area contributed by atoms with Gasteiger partial charge < -0.3 is 0 Å². The Hall–Kier alpha value is -0.840. The van der Waals surface area contributed by atoms with Gasteiger partial charge in [0, 0.05) is 4.85 Å². The van der Waals surface area contributed by atoms with Crippen molar-refractivity contribution < 1.29 is 4.79 Å². The first-order valence-electron chi connectivity index (χ1n) is 1.19. The zero-order valence-corrected chi connectivity index (χ0v) is 2.93. The summed E-state index contributed by atoms with van der Waals surface area (Å²) in [6.07, 6.45) is 0. The Morgan fingerprint density at radius 1 is 2.00 bits per heavy atom. The van der Waals surface area contributed by atoms with Crippen molar-refractivity contribution >= 4 is 5.91 Å². The van der Waals surface area contributed by atoms with E-state index in [9.17, 15) is 4.79 Å². The van der Waals surface area contributed by atoms with Crippen LogP contribution in [0, 0.1) is 6.57 Å². The Labute approximate surface area is 30.2 Å². The van der Waals surface area contributed by atoms with Crippen LogP contribution in [0.15, 0.2) is 0 Å². The number of nitrogens with zero attached hydrogens (tertiary/aromatic N) is 1. The van der Waals surface area contributed by atoms with E-state index in [1.54, 1.807) is 0 Å². The molecule has 0 saturated carbocycles. The van der Waals surface area contributed by atoms with Crippen LogP contribution in [0.25, 0.3) is 4.85 Å². The maximum Gasteiger partial charge on any atom is 0.511 e. The van der Waals surface area contributed by atoms with Crippen LogP contribution < -0.4 is 0 Å². The van der Waals surface area contributed by atoms with Crippen LogP contribution in [0.3, 0.4) is 0 Å². The molecule has 0 aliphatic rings. The quantitative estimate of drug-likeness (QED) is 0.406. The number of carbonyl (C=O) groups excluding carboxylic acids is 1. The molecule has 26 valence electrons. The van der Waals surface area contributed by atoms with E-state index in [4.69, 9.17) is 0 Å². The number of rotatable bonds is 0. The molecule has 5 heavy (non-hydrogen) atoms. The van der Waals surface area contributed by atoms with Crippen molar-refractivity contribution in [2.45, 2.75) is 6.92 Å². The van der Waals surface area contributed by atoms with Gasteiger partial charge in [0.1, 0.15) is 0 Å². The molecule has 0 aliphatic heterocycles. The Balaban J connectivity index is 3.35. The summed E-state index contributed by atoms with van der Waals surface area (Å²) >= 11 is 0. The van der Waals surface area contributed by atoms with E-state index < -0.39 is 0 Å². The molecule has 0 aromatic heterocycles. The Kier molecular flexibility index (Phi) is 1.23. The zero-order valence-electron chi connectivity index (χ0n) is 2.93. The molecule has 0 N–H and O–H groups in total. The fourth-order valence-electron chi connectivity index (χ4n) is 0. The van der Waals surface area contributed by atoms with E-state index in [2.05, 4.69) is 11.4 Å². The SMILES string of the molecule is C#[N+]C(C)=O. The molecule has 0 aromatic rings. The molecule has 0 fully saturated rings. The molecule has 0 radical (unpaired) electrons. The monoisotopic (exact) mass is 70.0 g/mol. The van der Waals surface area contributed by atoms with Gasteiger partial charge in [0.2, 0.25) is 0 Å². The Morgan fingerprint density at radius 2 is 2.20 bits per heavy atom. The first-order valence-corrected chi connectivity index (χ1v) is 1.19. The second kappa shape index (κ2) is 1.48. The van der Waals surface area contributed by atoms with Gasteiger partial charge in [0.25, 0.3) is 6.57 Å². The van der Waals surface area contributed by atoms with Crippen LogP contribution in [0.1, 0.15) is 6.92 Å². The van der Waals surface area contributed by atoms with Gasteiger partial charge in [-0.25, -0.2) is 4.79 Å². The highest BCUT2D eigenvalue weighted by Gasteiger charge is 1.90. The first kappa shape index (κ1) is 4.16. The predicted octanol–water partition coefficient (Wildman–Crippen LogP) is 0.496. The predicted molar refractivity (Wildman–Crippen MR) is 19.0 cm³/mol. The largest absolute Gasteiger partial charge is 0.511 e. The smallest absolute Gasteiger partial charge is 0.201 e. The minimum atomic E-state index is -0.343. The lowest BCUT2D eigenvalue weighted by Gasteiger charge is -1.40. The van der Waals surface area contributed by atoms with Crippen LogP contribution in [-0.4, -0.2) is 5.91 Å². The molecule has 2 heteroatoms. The molecule has 0 aromatic carbocycles. The van der Waals surface area contributed by atoms with Crippen molar-refractivity contribution in [3.05, 3.63) is 4.85 Å². The summed E-state index contributed by atoms with van der Waals surface area (Å²) in [6.45, 7) is 5.74. The van der Waals surface area contributed by atoms with Gasteiger partial charge in [-0.2, -0.15) is 0 Å². The summed E-state index contributed by atoms with van der Waals surface area (Å²) in [5.41, 5.74) is 0. The van der Waals surface area contributed by atoms with Crippen LogP contribution in [0.2, 0.25) is 0 Å². The third kappa shape index (κ3) is 3.16. The third-order valence-corrected chi connectivity index (χ3v) is 0.182. The van der Waals surface area contributed by atoms with Crippen molar-refractivity contribution in [1.82, 2.24) is 0 Å². The molecule has 0 atom stereocenters. The summed E-state index contributed by atoms with van der Waals surface area (Å²) < 4.78 is 0. The minimum absolute atomic E-state index is 0.343. The first-order chi connectivity index (χ1) is 2.27. The van der Waals surface area contributed by atoms with Gasteiger partial charge in [-0.05, 0) is 0 Å². The summed E-state index contributed by atoms with van der Waals surface area (Å²) in [7, 11) is 0. The zero-order chi connectivity index (χ0) is 4.28. The molecular weight excluding hydrogens is 66.0 g/mol. The van der Waals surface area contributed by atoms with Gasteiger partial charge in [-0.15, -0.1) is 0 Å². The van der Waals surface area contributed by atoms with E-state index in [1.165, 1.54) is 6.92 Å². The summed E-state index contributed by atoms with van der Waals surface area (Å²) in [6, 6.07) is 0. The molecule has 0 spiro atoms. The topological polar surface area (TPSA) is 21.4 Å². The van der Waals surface area contributed by atoms with E-state index in [0.29, 0.717) is 0 Å². The van der Waals surface area contributed by atoms with Crippen LogP contribution >= 0.6 is 0 Å². The van der Waals surface area contributed by atoms with Crippen LogP contribution in [0.5, 0.6) is 0 Å². The van der Waals surface area contributed by atoms with E-state index >= 15 is 0 Å². The van der Waals surface area contributed by atoms with Gasteiger partial charge in [0.15, 0.2) is 0 Å². The molecule has 0 saturated heterocycles. The number of hydrogen-bond donors (Lipinski definition) is 0. The highest BCUT2D eigenvalue weighted by atomic mass is 16.1. The van der Waals surface area contributed by atoms with E-state index in [0.717, 1.165) is 0 Å².